The number of benzene rings is 1. The van der Waals surface area contributed by atoms with Crippen LogP contribution in [0.3, 0.4) is 0 Å². The van der Waals surface area contributed by atoms with Crippen LogP contribution < -0.4 is 4.74 Å². The molecular weight excluding hydrogens is 304 g/mol. The van der Waals surface area contributed by atoms with Gasteiger partial charge in [0.05, 0.1) is 0 Å². The molecule has 2 saturated carbocycles. The molecule has 3 atom stereocenters. The van der Waals surface area contributed by atoms with Crippen LogP contribution in [0.2, 0.25) is 0 Å². The van der Waals surface area contributed by atoms with Crippen molar-refractivity contribution in [2.24, 2.45) is 11.8 Å². The van der Waals surface area contributed by atoms with Crippen LogP contribution in [0.5, 0.6) is 5.75 Å². The maximum atomic E-state index is 5.98. The molecule has 0 aliphatic heterocycles. The third-order valence-electron chi connectivity index (χ3n) is 5.70. The molecule has 1 aromatic carbocycles. The van der Waals surface area contributed by atoms with Gasteiger partial charge in [0.15, 0.2) is 0 Å². The monoisotopic (exact) mass is 346 g/mol. The summed E-state index contributed by atoms with van der Waals surface area (Å²) < 4.78 is 5.98. The minimum Gasteiger partial charge on any atom is -0.488 e. The van der Waals surface area contributed by atoms with Crippen LogP contribution in [0, 0.1) is 11.8 Å². The van der Waals surface area contributed by atoms with E-state index in [0.29, 0.717) is 5.92 Å². The normalized spacial score (nSPS) is 21.4. The lowest BCUT2D eigenvalue weighted by molar-refractivity contribution is 0.105. The second-order valence-corrected chi connectivity index (χ2v) is 8.01. The lowest BCUT2D eigenvalue weighted by Gasteiger charge is -2.25. The molecule has 0 saturated heterocycles. The third-order valence-corrected chi connectivity index (χ3v) is 5.70. The largest absolute Gasteiger partial charge is 0.488 e. The van der Waals surface area contributed by atoms with Crippen molar-refractivity contribution in [3.05, 3.63) is 29.8 Å². The lowest BCUT2D eigenvalue weighted by atomic mass is 9.92. The molecule has 0 radical (unpaired) electrons. The van der Waals surface area contributed by atoms with Gasteiger partial charge in [-0.05, 0) is 87.8 Å². The number of ether oxygens (including phenoxy) is 1. The van der Waals surface area contributed by atoms with E-state index in [1.54, 1.807) is 19.3 Å². The number of fused-ring (bicyclic) bond motifs is 1. The number of hydrogen-bond acceptors (Lipinski definition) is 1. The van der Waals surface area contributed by atoms with E-state index in [2.05, 4.69) is 58.9 Å². The van der Waals surface area contributed by atoms with E-state index in [9.17, 15) is 0 Å². The molecule has 1 aromatic rings. The molecule has 0 bridgehead atoms. The molecule has 2 aliphatic rings. The average molecular weight is 347 g/mol. The van der Waals surface area contributed by atoms with Gasteiger partial charge in [-0.15, -0.1) is 0 Å². The van der Waals surface area contributed by atoms with Crippen LogP contribution in [0.25, 0.3) is 0 Å². The molecule has 144 valence electrons. The van der Waals surface area contributed by atoms with Crippen molar-refractivity contribution in [1.82, 2.24) is 0 Å². The molecule has 0 amide bonds. The van der Waals surface area contributed by atoms with Crippen LogP contribution in [0.4, 0.5) is 0 Å². The summed E-state index contributed by atoms with van der Waals surface area (Å²) in [4.78, 5) is 0. The summed E-state index contributed by atoms with van der Waals surface area (Å²) >= 11 is 0. The summed E-state index contributed by atoms with van der Waals surface area (Å²) in [7, 11) is 0. The first-order chi connectivity index (χ1) is 12.0. The van der Waals surface area contributed by atoms with Gasteiger partial charge in [0.2, 0.25) is 0 Å². The van der Waals surface area contributed by atoms with Gasteiger partial charge in [-0.2, -0.15) is 0 Å². The fourth-order valence-electron chi connectivity index (χ4n) is 3.34. The van der Waals surface area contributed by atoms with Gasteiger partial charge in [-0.3, -0.25) is 0 Å². The number of rotatable bonds is 7. The fourth-order valence-corrected chi connectivity index (χ4v) is 3.34. The molecule has 3 unspecified atom stereocenters. The summed E-state index contributed by atoms with van der Waals surface area (Å²) in [6.07, 6.45) is 9.46. The first-order valence-corrected chi connectivity index (χ1v) is 10.8. The summed E-state index contributed by atoms with van der Waals surface area (Å²) in [5, 5.41) is 0. The van der Waals surface area contributed by atoms with Gasteiger partial charge in [0, 0.05) is 0 Å². The van der Waals surface area contributed by atoms with E-state index in [0.717, 1.165) is 12.2 Å². The van der Waals surface area contributed by atoms with E-state index < -0.39 is 0 Å². The van der Waals surface area contributed by atoms with Crippen molar-refractivity contribution < 1.29 is 4.74 Å². The Balaban J connectivity index is 0.000000364. The Morgan fingerprint density at radius 3 is 1.88 bits per heavy atom. The Morgan fingerprint density at radius 2 is 1.56 bits per heavy atom. The maximum Gasteiger partial charge on any atom is 0.120 e. The van der Waals surface area contributed by atoms with E-state index in [-0.39, 0.29) is 5.60 Å². The Kier molecular flexibility index (Phi) is 9.61. The van der Waals surface area contributed by atoms with Crippen LogP contribution in [0.1, 0.15) is 105 Å². The van der Waals surface area contributed by atoms with Crippen molar-refractivity contribution in [2.45, 2.75) is 105 Å². The van der Waals surface area contributed by atoms with Gasteiger partial charge in [-0.25, -0.2) is 0 Å². The zero-order valence-electron chi connectivity index (χ0n) is 17.9. The summed E-state index contributed by atoms with van der Waals surface area (Å²) in [6, 6.07) is 8.69. The van der Waals surface area contributed by atoms with Crippen LogP contribution in [0.15, 0.2) is 24.3 Å². The number of hydrogen-bond donors (Lipinski definition) is 0. The SMILES string of the molecule is C1CC2CC12.CC.CCCC(CC)c1ccc(OC(C)(C)CC)cc1. The predicted molar refractivity (Wildman–Crippen MR) is 112 cm³/mol. The van der Waals surface area contributed by atoms with Crippen molar-refractivity contribution in [3.63, 3.8) is 0 Å². The molecular formula is C24H42O. The van der Waals surface area contributed by atoms with Crippen molar-refractivity contribution in [1.29, 1.82) is 0 Å². The highest BCUT2D eigenvalue weighted by Crippen LogP contribution is 2.55. The second-order valence-electron chi connectivity index (χ2n) is 8.01. The van der Waals surface area contributed by atoms with Crippen molar-refractivity contribution >= 4 is 0 Å². The molecule has 1 heteroatoms. The molecule has 2 aliphatic carbocycles. The van der Waals surface area contributed by atoms with E-state index >= 15 is 0 Å². The molecule has 25 heavy (non-hydrogen) atoms. The summed E-state index contributed by atoms with van der Waals surface area (Å²) in [5.41, 5.74) is 1.37. The van der Waals surface area contributed by atoms with Gasteiger partial charge < -0.3 is 4.74 Å². The maximum absolute atomic E-state index is 5.98. The fraction of sp³-hybridized carbons (Fsp3) is 0.750. The van der Waals surface area contributed by atoms with Crippen LogP contribution in [-0.2, 0) is 0 Å². The summed E-state index contributed by atoms with van der Waals surface area (Å²) in [5.74, 6) is 4.14. The molecule has 0 aromatic heterocycles. The van der Waals surface area contributed by atoms with E-state index in [4.69, 9.17) is 4.74 Å². The average Bonchev–Trinajstić information content (AvgIpc) is 3.21. The minimum absolute atomic E-state index is 0.0743. The molecule has 2 fully saturated rings. The van der Waals surface area contributed by atoms with E-state index in [1.807, 2.05) is 13.8 Å². The Morgan fingerprint density at radius 1 is 1.00 bits per heavy atom. The van der Waals surface area contributed by atoms with Gasteiger partial charge in [0.25, 0.3) is 0 Å². The van der Waals surface area contributed by atoms with Gasteiger partial charge in [-0.1, -0.05) is 53.2 Å². The Labute approximate surface area is 157 Å². The highest BCUT2D eigenvalue weighted by molar-refractivity contribution is 5.29. The van der Waals surface area contributed by atoms with E-state index in [1.165, 1.54) is 36.7 Å². The predicted octanol–water partition coefficient (Wildman–Crippen LogP) is 7.99. The highest BCUT2D eigenvalue weighted by atomic mass is 16.5. The highest BCUT2D eigenvalue weighted by Gasteiger charge is 2.44. The zero-order chi connectivity index (χ0) is 18.9. The zero-order valence-corrected chi connectivity index (χ0v) is 17.9. The Hall–Kier alpha value is -0.980. The molecule has 1 nitrogen and oxygen atoms in total. The first-order valence-electron chi connectivity index (χ1n) is 10.8. The molecule has 0 spiro atoms. The Bertz CT molecular complexity index is 447. The smallest absolute Gasteiger partial charge is 0.120 e. The lowest BCUT2D eigenvalue weighted by Crippen LogP contribution is -2.26. The minimum atomic E-state index is -0.0743. The van der Waals surface area contributed by atoms with Crippen LogP contribution >= 0.6 is 0 Å². The quantitative estimate of drug-likeness (QED) is 0.486. The van der Waals surface area contributed by atoms with Crippen molar-refractivity contribution in [3.8, 4) is 5.75 Å². The standard InChI is InChI=1S/C17H28O.C5H8.C2H6/c1-6-9-14(7-2)15-10-12-16(13-11-15)18-17(4,5)8-3;1-2-5-3-4(1)5;1-2/h10-14H,6-9H2,1-5H3;4-5H,1-3H2;1-2H3. The summed E-state index contributed by atoms with van der Waals surface area (Å²) in [6.45, 7) is 14.9. The topological polar surface area (TPSA) is 9.23 Å². The van der Waals surface area contributed by atoms with Crippen molar-refractivity contribution in [2.75, 3.05) is 0 Å². The second kappa shape index (κ2) is 10.9. The molecule has 0 N–H and O–H groups in total. The molecule has 0 heterocycles. The third kappa shape index (κ3) is 7.42. The van der Waals surface area contributed by atoms with Gasteiger partial charge in [0.1, 0.15) is 11.4 Å². The first kappa shape index (κ1) is 22.1. The van der Waals surface area contributed by atoms with Crippen LogP contribution in [-0.4, -0.2) is 5.60 Å². The molecule has 3 rings (SSSR count). The van der Waals surface area contributed by atoms with Gasteiger partial charge >= 0.3 is 0 Å².